The van der Waals surface area contributed by atoms with Gasteiger partial charge in [-0.1, -0.05) is 25.5 Å². The second-order valence-electron chi connectivity index (χ2n) is 6.24. The summed E-state index contributed by atoms with van der Waals surface area (Å²) in [5.74, 6) is -0.313. The van der Waals surface area contributed by atoms with Crippen molar-refractivity contribution in [1.82, 2.24) is 13.4 Å². The van der Waals surface area contributed by atoms with E-state index in [1.807, 2.05) is 6.92 Å². The van der Waals surface area contributed by atoms with Crippen LogP contribution in [0.15, 0.2) is 38.6 Å². The lowest BCUT2D eigenvalue weighted by Gasteiger charge is -2.09. The average molecular weight is 339 g/mol. The molecule has 0 bridgehead atoms. The Morgan fingerprint density at radius 2 is 1.64 bits per heavy atom. The van der Waals surface area contributed by atoms with E-state index in [1.54, 1.807) is 24.3 Å². The van der Waals surface area contributed by atoms with Crippen LogP contribution in [0.25, 0.3) is 22.1 Å². The fourth-order valence-corrected chi connectivity index (χ4v) is 3.47. The number of aromatic nitrogens is 3. The van der Waals surface area contributed by atoms with Crippen molar-refractivity contribution in [2.45, 2.75) is 26.2 Å². The quantitative estimate of drug-likeness (QED) is 0.609. The van der Waals surface area contributed by atoms with Gasteiger partial charge in [0.05, 0.1) is 16.6 Å². The van der Waals surface area contributed by atoms with Crippen LogP contribution in [0.4, 0.5) is 0 Å². The Kier molecular flexibility index (Phi) is 3.21. The van der Waals surface area contributed by atoms with Crippen LogP contribution in [0.3, 0.4) is 0 Å². The van der Waals surface area contributed by atoms with Crippen LogP contribution in [0.1, 0.15) is 25.3 Å². The SMILES string of the molecule is CCCCc1c(O)c2c(=O)n(C)c(=O)n3c4ccccc4n(c1=O)c23. The normalized spacial score (nSPS) is 11.9. The number of unbranched alkanes of at least 4 members (excludes halogenated alkanes) is 1. The number of benzene rings is 1. The topological polar surface area (TPSA) is 85.2 Å². The third-order valence-corrected chi connectivity index (χ3v) is 4.77. The fourth-order valence-electron chi connectivity index (χ4n) is 3.47. The Labute approximate surface area is 141 Å². The lowest BCUT2D eigenvalue weighted by atomic mass is 10.1. The van der Waals surface area contributed by atoms with Crippen LogP contribution in [0.2, 0.25) is 0 Å². The van der Waals surface area contributed by atoms with E-state index in [0.717, 1.165) is 17.4 Å². The van der Waals surface area contributed by atoms with E-state index >= 15 is 0 Å². The molecule has 4 aromatic rings. The summed E-state index contributed by atoms with van der Waals surface area (Å²) in [4.78, 5) is 38.3. The molecule has 0 atom stereocenters. The van der Waals surface area contributed by atoms with E-state index in [-0.39, 0.29) is 27.9 Å². The molecule has 7 heteroatoms. The standard InChI is InChI=1S/C18H17N3O4/c1-3-4-7-10-14(22)13-15-20(16(10)23)11-8-5-6-9-12(11)21(15)18(25)19(2)17(13)24/h5-6,8-9,22H,3-4,7H2,1-2H3. The molecule has 0 fully saturated rings. The number of nitrogens with zero attached hydrogens (tertiary/aromatic N) is 3. The van der Waals surface area contributed by atoms with Gasteiger partial charge in [-0.15, -0.1) is 0 Å². The molecule has 0 aliphatic heterocycles. The van der Waals surface area contributed by atoms with E-state index in [4.69, 9.17) is 0 Å². The first-order chi connectivity index (χ1) is 12.0. The molecule has 0 spiro atoms. The highest BCUT2D eigenvalue weighted by Crippen LogP contribution is 2.27. The first kappa shape index (κ1) is 15.4. The lowest BCUT2D eigenvalue weighted by Crippen LogP contribution is -2.36. The van der Waals surface area contributed by atoms with Crippen molar-refractivity contribution in [3.05, 3.63) is 61.0 Å². The summed E-state index contributed by atoms with van der Waals surface area (Å²) >= 11 is 0. The van der Waals surface area contributed by atoms with E-state index in [1.165, 1.54) is 15.8 Å². The van der Waals surface area contributed by atoms with Crippen molar-refractivity contribution < 1.29 is 5.11 Å². The zero-order valence-corrected chi connectivity index (χ0v) is 13.9. The van der Waals surface area contributed by atoms with Crippen LogP contribution >= 0.6 is 0 Å². The number of hydrogen-bond acceptors (Lipinski definition) is 4. The van der Waals surface area contributed by atoms with E-state index < -0.39 is 11.2 Å². The van der Waals surface area contributed by atoms with Crippen LogP contribution in [-0.4, -0.2) is 18.5 Å². The van der Waals surface area contributed by atoms with E-state index in [9.17, 15) is 19.5 Å². The second-order valence-corrected chi connectivity index (χ2v) is 6.24. The summed E-state index contributed by atoms with van der Waals surface area (Å²) in [6, 6.07) is 6.98. The highest BCUT2D eigenvalue weighted by molar-refractivity contribution is 5.92. The lowest BCUT2D eigenvalue weighted by molar-refractivity contribution is 0.470. The van der Waals surface area contributed by atoms with Gasteiger partial charge < -0.3 is 5.11 Å². The number of para-hydroxylation sites is 2. The van der Waals surface area contributed by atoms with Gasteiger partial charge in [-0.05, 0) is 25.0 Å². The van der Waals surface area contributed by atoms with Crippen LogP contribution in [0, 0.1) is 0 Å². The van der Waals surface area contributed by atoms with Crippen molar-refractivity contribution in [1.29, 1.82) is 0 Å². The molecule has 0 saturated heterocycles. The van der Waals surface area contributed by atoms with E-state index in [2.05, 4.69) is 0 Å². The molecule has 1 N–H and O–H groups in total. The summed E-state index contributed by atoms with van der Waals surface area (Å²) in [6.07, 6.45) is 1.95. The van der Waals surface area contributed by atoms with Gasteiger partial charge in [0.15, 0.2) is 0 Å². The molecule has 0 unspecified atom stereocenters. The predicted octanol–water partition coefficient (Wildman–Crippen LogP) is 1.25. The summed E-state index contributed by atoms with van der Waals surface area (Å²) in [7, 11) is 1.37. The number of rotatable bonds is 3. The molecule has 1 aromatic carbocycles. The minimum absolute atomic E-state index is 0.00371. The van der Waals surface area contributed by atoms with Gasteiger partial charge >= 0.3 is 5.69 Å². The number of fused-ring (bicyclic) bond motifs is 3. The molecule has 0 radical (unpaired) electrons. The number of pyridine rings is 1. The van der Waals surface area contributed by atoms with Gasteiger partial charge in [0.2, 0.25) is 0 Å². The van der Waals surface area contributed by atoms with Crippen molar-refractivity contribution in [3.63, 3.8) is 0 Å². The molecule has 4 rings (SSSR count). The van der Waals surface area contributed by atoms with Gasteiger partial charge in [-0.3, -0.25) is 18.6 Å². The van der Waals surface area contributed by atoms with Gasteiger partial charge in [0.1, 0.15) is 16.8 Å². The largest absolute Gasteiger partial charge is 0.506 e. The zero-order chi connectivity index (χ0) is 17.9. The summed E-state index contributed by atoms with van der Waals surface area (Å²) in [6.45, 7) is 1.99. The predicted molar refractivity (Wildman–Crippen MR) is 95.1 cm³/mol. The minimum atomic E-state index is -0.604. The Balaban J connectivity index is 2.42. The Morgan fingerprint density at radius 3 is 2.28 bits per heavy atom. The third-order valence-electron chi connectivity index (χ3n) is 4.77. The Bertz CT molecular complexity index is 1310. The average Bonchev–Trinajstić information content (AvgIpc) is 2.94. The molecule has 25 heavy (non-hydrogen) atoms. The molecule has 0 saturated carbocycles. The third kappa shape index (κ3) is 1.83. The Hall–Kier alpha value is -3.09. The Morgan fingerprint density at radius 1 is 1.00 bits per heavy atom. The number of imidazole rings is 1. The molecule has 0 aliphatic rings. The van der Waals surface area contributed by atoms with Gasteiger partial charge in [-0.2, -0.15) is 0 Å². The summed E-state index contributed by atoms with van der Waals surface area (Å²) in [5.41, 5.74) is -0.116. The highest BCUT2D eigenvalue weighted by Gasteiger charge is 2.24. The molecular formula is C18H17N3O4. The van der Waals surface area contributed by atoms with E-state index in [0.29, 0.717) is 17.5 Å². The van der Waals surface area contributed by atoms with Crippen LogP contribution in [-0.2, 0) is 13.5 Å². The minimum Gasteiger partial charge on any atom is -0.506 e. The van der Waals surface area contributed by atoms with Crippen molar-refractivity contribution in [2.75, 3.05) is 0 Å². The summed E-state index contributed by atoms with van der Waals surface area (Å²) in [5, 5.41) is 10.7. The van der Waals surface area contributed by atoms with Crippen molar-refractivity contribution in [3.8, 4) is 5.75 Å². The maximum atomic E-state index is 13.0. The molecule has 0 amide bonds. The highest BCUT2D eigenvalue weighted by atomic mass is 16.3. The number of aromatic hydroxyl groups is 1. The first-order valence-electron chi connectivity index (χ1n) is 8.21. The monoisotopic (exact) mass is 339 g/mol. The maximum Gasteiger partial charge on any atom is 0.337 e. The molecule has 128 valence electrons. The smallest absolute Gasteiger partial charge is 0.337 e. The van der Waals surface area contributed by atoms with Gasteiger partial charge in [0.25, 0.3) is 11.1 Å². The fraction of sp³-hybridized carbons (Fsp3) is 0.278. The first-order valence-corrected chi connectivity index (χ1v) is 8.21. The molecule has 3 heterocycles. The molecule has 7 nitrogen and oxygen atoms in total. The maximum absolute atomic E-state index is 13.0. The number of hydrogen-bond donors (Lipinski definition) is 1. The molecule has 3 aromatic heterocycles. The van der Waals surface area contributed by atoms with Gasteiger partial charge in [0, 0.05) is 7.05 Å². The van der Waals surface area contributed by atoms with Crippen LogP contribution < -0.4 is 16.8 Å². The summed E-state index contributed by atoms with van der Waals surface area (Å²) < 4.78 is 3.65. The molecular weight excluding hydrogens is 322 g/mol. The zero-order valence-electron chi connectivity index (χ0n) is 13.9. The van der Waals surface area contributed by atoms with Crippen molar-refractivity contribution in [2.24, 2.45) is 7.05 Å². The van der Waals surface area contributed by atoms with Crippen molar-refractivity contribution >= 4 is 22.1 Å². The molecule has 0 aliphatic carbocycles. The van der Waals surface area contributed by atoms with Crippen LogP contribution in [0.5, 0.6) is 5.75 Å². The van der Waals surface area contributed by atoms with Gasteiger partial charge in [-0.25, -0.2) is 9.20 Å². The second kappa shape index (κ2) is 5.20.